The number of carbonyl (C=O) groups is 1. The van der Waals surface area contributed by atoms with Gasteiger partial charge in [0.15, 0.2) is 5.96 Å². The molecule has 0 radical (unpaired) electrons. The second kappa shape index (κ2) is 11.7. The van der Waals surface area contributed by atoms with Crippen molar-refractivity contribution in [1.29, 1.82) is 0 Å². The van der Waals surface area contributed by atoms with Crippen molar-refractivity contribution in [1.82, 2.24) is 25.8 Å². The molecule has 0 aromatic carbocycles. The predicted molar refractivity (Wildman–Crippen MR) is 119 cm³/mol. The van der Waals surface area contributed by atoms with Gasteiger partial charge < -0.3 is 16.0 Å². The summed E-state index contributed by atoms with van der Waals surface area (Å²) in [6.45, 7) is 5.97. The second-order valence-corrected chi connectivity index (χ2v) is 9.12. The van der Waals surface area contributed by atoms with Crippen LogP contribution in [0.25, 0.3) is 0 Å². The Morgan fingerprint density at radius 1 is 1.00 bits per heavy atom. The van der Waals surface area contributed by atoms with Gasteiger partial charge in [0.25, 0.3) is 0 Å². The summed E-state index contributed by atoms with van der Waals surface area (Å²) in [5.41, 5.74) is 0. The van der Waals surface area contributed by atoms with Crippen LogP contribution in [0, 0.1) is 5.92 Å². The smallest absolute Gasteiger partial charge is 0.233 e. The molecular weight excluding hydrogens is 364 g/mol. The summed E-state index contributed by atoms with van der Waals surface area (Å²) in [5.74, 6) is 1.95. The zero-order valence-corrected chi connectivity index (χ0v) is 18.6. The van der Waals surface area contributed by atoms with Crippen LogP contribution in [0.3, 0.4) is 0 Å². The summed E-state index contributed by atoms with van der Waals surface area (Å²) < 4.78 is 0. The summed E-state index contributed by atoms with van der Waals surface area (Å²) in [5, 5.41) is 9.91. The van der Waals surface area contributed by atoms with E-state index >= 15 is 0 Å². The molecule has 3 fully saturated rings. The van der Waals surface area contributed by atoms with Gasteiger partial charge in [-0.2, -0.15) is 0 Å². The third-order valence-electron chi connectivity index (χ3n) is 7.02. The Morgan fingerprint density at radius 2 is 1.76 bits per heavy atom. The van der Waals surface area contributed by atoms with Gasteiger partial charge in [-0.05, 0) is 51.0 Å². The number of piperidine rings is 1. The van der Waals surface area contributed by atoms with Gasteiger partial charge in [-0.1, -0.05) is 19.3 Å². The molecule has 2 saturated heterocycles. The number of nitrogens with one attached hydrogen (secondary N) is 3. The van der Waals surface area contributed by atoms with Crippen LogP contribution in [0.5, 0.6) is 0 Å². The number of aliphatic imine (C=N–C) groups is 1. The highest BCUT2D eigenvalue weighted by Crippen LogP contribution is 2.27. The quantitative estimate of drug-likeness (QED) is 0.440. The molecule has 0 aromatic rings. The molecule has 0 bridgehead atoms. The molecule has 0 spiro atoms. The Bertz CT molecular complexity index is 525. The van der Waals surface area contributed by atoms with E-state index < -0.39 is 0 Å². The maximum absolute atomic E-state index is 11.5. The van der Waals surface area contributed by atoms with Gasteiger partial charge in [0.2, 0.25) is 5.91 Å². The first kappa shape index (κ1) is 22.3. The van der Waals surface area contributed by atoms with Crippen molar-refractivity contribution in [3.8, 4) is 0 Å². The van der Waals surface area contributed by atoms with E-state index in [2.05, 4.69) is 30.7 Å². The molecule has 29 heavy (non-hydrogen) atoms. The topological polar surface area (TPSA) is 72.0 Å². The van der Waals surface area contributed by atoms with Crippen molar-refractivity contribution < 1.29 is 4.79 Å². The first-order chi connectivity index (χ1) is 14.2. The lowest BCUT2D eigenvalue weighted by molar-refractivity contribution is -0.122. The Kier molecular flexibility index (Phi) is 9.05. The molecular formula is C22H42N6O. The predicted octanol–water partition coefficient (Wildman–Crippen LogP) is 1.41. The number of likely N-dealkylation sites (tertiary alicyclic amines) is 2. The SMILES string of the molecule is CN=C(NCC1CCCN1CC1CCCCC1)NC1CCN(CC(=O)NC)CC1. The first-order valence-electron chi connectivity index (χ1n) is 11.8. The van der Waals surface area contributed by atoms with E-state index in [1.54, 1.807) is 7.05 Å². The molecule has 3 rings (SSSR count). The molecule has 3 N–H and O–H groups in total. The third-order valence-corrected chi connectivity index (χ3v) is 7.02. The minimum absolute atomic E-state index is 0.100. The molecule has 1 amide bonds. The summed E-state index contributed by atoms with van der Waals surface area (Å²) in [7, 11) is 3.57. The fourth-order valence-electron chi connectivity index (χ4n) is 5.19. The van der Waals surface area contributed by atoms with Crippen LogP contribution in [-0.4, -0.2) is 87.1 Å². The van der Waals surface area contributed by atoms with Crippen LogP contribution < -0.4 is 16.0 Å². The van der Waals surface area contributed by atoms with Gasteiger partial charge in [0.05, 0.1) is 6.54 Å². The van der Waals surface area contributed by atoms with Gasteiger partial charge >= 0.3 is 0 Å². The summed E-state index contributed by atoms with van der Waals surface area (Å²) in [6.07, 6.45) is 11.9. The number of hydrogen-bond donors (Lipinski definition) is 3. The zero-order chi connectivity index (χ0) is 20.5. The normalized spacial score (nSPS) is 25.9. The molecule has 2 heterocycles. The number of guanidine groups is 1. The highest BCUT2D eigenvalue weighted by Gasteiger charge is 2.28. The van der Waals surface area contributed by atoms with Crippen molar-refractivity contribution in [2.45, 2.75) is 69.9 Å². The van der Waals surface area contributed by atoms with Crippen molar-refractivity contribution in [3.63, 3.8) is 0 Å². The number of rotatable bonds is 7. The first-order valence-corrected chi connectivity index (χ1v) is 11.8. The van der Waals surface area contributed by atoms with Crippen molar-refractivity contribution in [2.24, 2.45) is 10.9 Å². The number of likely N-dealkylation sites (N-methyl/N-ethyl adjacent to an activating group) is 1. The van der Waals surface area contributed by atoms with Crippen molar-refractivity contribution >= 4 is 11.9 Å². The van der Waals surface area contributed by atoms with Gasteiger partial charge in [0.1, 0.15) is 0 Å². The van der Waals surface area contributed by atoms with Gasteiger partial charge in [-0.15, -0.1) is 0 Å². The largest absolute Gasteiger partial charge is 0.358 e. The van der Waals surface area contributed by atoms with Crippen LogP contribution in [0.1, 0.15) is 57.8 Å². The third kappa shape index (κ3) is 7.14. The average molecular weight is 407 g/mol. The van der Waals surface area contributed by atoms with E-state index in [0.29, 0.717) is 18.6 Å². The highest BCUT2D eigenvalue weighted by molar-refractivity contribution is 5.80. The zero-order valence-electron chi connectivity index (χ0n) is 18.6. The molecule has 2 aliphatic heterocycles. The Labute approximate surface area is 177 Å². The molecule has 7 nitrogen and oxygen atoms in total. The fraction of sp³-hybridized carbons (Fsp3) is 0.909. The van der Waals surface area contributed by atoms with Crippen molar-refractivity contribution in [2.75, 3.05) is 53.4 Å². The van der Waals surface area contributed by atoms with Crippen LogP contribution in [0.15, 0.2) is 4.99 Å². The molecule has 3 aliphatic rings. The van der Waals surface area contributed by atoms with E-state index in [-0.39, 0.29) is 5.91 Å². The van der Waals surface area contributed by atoms with E-state index in [1.165, 1.54) is 58.0 Å². The van der Waals surface area contributed by atoms with Gasteiger partial charge in [0, 0.05) is 52.4 Å². The van der Waals surface area contributed by atoms with E-state index in [9.17, 15) is 4.79 Å². The maximum Gasteiger partial charge on any atom is 0.233 e. The monoisotopic (exact) mass is 406 g/mol. The number of amides is 1. The maximum atomic E-state index is 11.5. The Hall–Kier alpha value is -1.34. The lowest BCUT2D eigenvalue weighted by Crippen LogP contribution is -2.51. The van der Waals surface area contributed by atoms with E-state index in [1.807, 2.05) is 7.05 Å². The Balaban J connectivity index is 1.37. The van der Waals surface area contributed by atoms with Crippen LogP contribution in [0.2, 0.25) is 0 Å². The molecule has 0 aromatic heterocycles. The minimum atomic E-state index is 0.100. The second-order valence-electron chi connectivity index (χ2n) is 9.12. The van der Waals surface area contributed by atoms with Gasteiger partial charge in [-0.3, -0.25) is 19.6 Å². The molecule has 1 unspecified atom stereocenters. The Morgan fingerprint density at radius 3 is 2.45 bits per heavy atom. The standard InChI is InChI=1S/C22H42N6O/c1-23-21(29)17-27-13-10-19(11-14-27)26-22(24-2)25-15-20-9-6-12-28(20)16-18-7-4-3-5-8-18/h18-20H,3-17H2,1-2H3,(H,23,29)(H2,24,25,26). The lowest BCUT2D eigenvalue weighted by Gasteiger charge is -2.33. The number of carbonyl (C=O) groups excluding carboxylic acids is 1. The highest BCUT2D eigenvalue weighted by atomic mass is 16.1. The molecule has 1 saturated carbocycles. The summed E-state index contributed by atoms with van der Waals surface area (Å²) >= 11 is 0. The number of nitrogens with zero attached hydrogens (tertiary/aromatic N) is 3. The fourth-order valence-corrected chi connectivity index (χ4v) is 5.19. The van der Waals surface area contributed by atoms with Gasteiger partial charge in [-0.25, -0.2) is 0 Å². The molecule has 7 heteroatoms. The summed E-state index contributed by atoms with van der Waals surface area (Å²) in [6, 6.07) is 1.08. The molecule has 1 atom stereocenters. The summed E-state index contributed by atoms with van der Waals surface area (Å²) in [4.78, 5) is 21.0. The molecule has 166 valence electrons. The van der Waals surface area contributed by atoms with E-state index in [0.717, 1.165) is 44.4 Å². The average Bonchev–Trinajstić information content (AvgIpc) is 3.19. The van der Waals surface area contributed by atoms with Crippen LogP contribution in [0.4, 0.5) is 0 Å². The van der Waals surface area contributed by atoms with Crippen molar-refractivity contribution in [3.05, 3.63) is 0 Å². The molecule has 1 aliphatic carbocycles. The van der Waals surface area contributed by atoms with Crippen LogP contribution >= 0.6 is 0 Å². The van der Waals surface area contributed by atoms with E-state index in [4.69, 9.17) is 0 Å². The number of hydrogen-bond acceptors (Lipinski definition) is 4. The lowest BCUT2D eigenvalue weighted by atomic mass is 9.89. The van der Waals surface area contributed by atoms with Crippen LogP contribution in [-0.2, 0) is 4.79 Å². The minimum Gasteiger partial charge on any atom is -0.358 e.